The van der Waals surface area contributed by atoms with E-state index in [2.05, 4.69) is 20.8 Å². The molecule has 0 aromatic carbocycles. The summed E-state index contributed by atoms with van der Waals surface area (Å²) in [5, 5.41) is 0. The van der Waals surface area contributed by atoms with Crippen LogP contribution >= 0.6 is 0 Å². The zero-order valence-electron chi connectivity index (χ0n) is 17.9. The molecular formula is C25H42O. The van der Waals surface area contributed by atoms with Crippen molar-refractivity contribution in [2.75, 3.05) is 0 Å². The van der Waals surface area contributed by atoms with Gasteiger partial charge in [-0.25, -0.2) is 0 Å². The van der Waals surface area contributed by atoms with Gasteiger partial charge in [-0.1, -0.05) is 46.5 Å². The van der Waals surface area contributed by atoms with Crippen molar-refractivity contribution in [2.24, 2.45) is 46.3 Å². The first-order valence-electron chi connectivity index (χ1n) is 11.9. The van der Waals surface area contributed by atoms with E-state index in [1.54, 1.807) is 0 Å². The van der Waals surface area contributed by atoms with Gasteiger partial charge in [-0.3, -0.25) is 4.79 Å². The maximum Gasteiger partial charge on any atom is 0.133 e. The quantitative estimate of drug-likeness (QED) is 0.517. The largest absolute Gasteiger partial charge is 0.300 e. The molecule has 0 radical (unpaired) electrons. The minimum absolute atomic E-state index is 0.311. The summed E-state index contributed by atoms with van der Waals surface area (Å²) in [5.41, 5.74) is 0.905. The molecule has 3 unspecified atom stereocenters. The molecule has 0 aliphatic heterocycles. The third-order valence-electron chi connectivity index (χ3n) is 10.3. The third kappa shape index (κ3) is 2.82. The van der Waals surface area contributed by atoms with Gasteiger partial charge in [0.05, 0.1) is 0 Å². The van der Waals surface area contributed by atoms with Gasteiger partial charge in [0.2, 0.25) is 0 Å². The number of hydrogen-bond acceptors (Lipinski definition) is 1. The smallest absolute Gasteiger partial charge is 0.133 e. The molecule has 4 saturated carbocycles. The molecule has 4 aliphatic rings. The van der Waals surface area contributed by atoms with Crippen LogP contribution in [0.1, 0.15) is 105 Å². The van der Waals surface area contributed by atoms with Crippen molar-refractivity contribution in [3.05, 3.63) is 0 Å². The molecule has 0 aromatic rings. The summed E-state index contributed by atoms with van der Waals surface area (Å²) >= 11 is 0. The molecule has 26 heavy (non-hydrogen) atoms. The van der Waals surface area contributed by atoms with E-state index in [0.717, 1.165) is 36.0 Å². The Kier molecular flexibility index (Phi) is 5.06. The number of hydrogen-bond donors (Lipinski definition) is 0. The Morgan fingerprint density at radius 2 is 1.65 bits per heavy atom. The van der Waals surface area contributed by atoms with Gasteiger partial charge in [0.15, 0.2) is 0 Å². The summed E-state index contributed by atoms with van der Waals surface area (Å²) in [5.74, 6) is 5.49. The van der Waals surface area contributed by atoms with Crippen molar-refractivity contribution < 1.29 is 4.79 Å². The summed E-state index contributed by atoms with van der Waals surface area (Å²) in [6, 6.07) is 0. The van der Waals surface area contributed by atoms with Crippen LogP contribution in [0.3, 0.4) is 0 Å². The average Bonchev–Trinajstić information content (AvgIpc) is 2.78. The fraction of sp³-hybridized carbons (Fsp3) is 0.960. The second kappa shape index (κ2) is 6.93. The van der Waals surface area contributed by atoms with Crippen molar-refractivity contribution in [3.63, 3.8) is 0 Å². The molecule has 0 amide bonds. The van der Waals surface area contributed by atoms with Gasteiger partial charge in [-0.05, 0) is 98.7 Å². The minimum atomic E-state index is 0.311. The van der Waals surface area contributed by atoms with Crippen LogP contribution in [0.5, 0.6) is 0 Å². The lowest BCUT2D eigenvalue weighted by Crippen LogP contribution is -2.55. The molecule has 4 rings (SSSR count). The van der Waals surface area contributed by atoms with E-state index in [0.29, 0.717) is 22.5 Å². The number of rotatable bonds is 2. The number of carbonyl (C=O) groups excluding carboxylic acids is 1. The normalized spacial score (nSPS) is 51.5. The summed E-state index contributed by atoms with van der Waals surface area (Å²) < 4.78 is 0. The standard InChI is InChI=1S/C25H42O/c1-5-18-8-7-14-24(3)19(16-18)11-12-20-22-10-6-9-21(17(2)26)25(22,4)15-13-23(20)24/h18-23H,5-16H2,1-4H3/t18-,19?,20-,21+,22?,23?,24-,25+/m0/s1. The van der Waals surface area contributed by atoms with E-state index in [1.165, 1.54) is 70.6 Å². The summed E-state index contributed by atoms with van der Waals surface area (Å²) in [6.07, 6.45) is 16.9. The van der Waals surface area contributed by atoms with Crippen LogP contribution in [0.2, 0.25) is 0 Å². The molecule has 1 nitrogen and oxygen atoms in total. The van der Waals surface area contributed by atoms with E-state index in [-0.39, 0.29) is 0 Å². The molecule has 0 aromatic heterocycles. The summed E-state index contributed by atoms with van der Waals surface area (Å²) in [4.78, 5) is 12.4. The van der Waals surface area contributed by atoms with Crippen molar-refractivity contribution in [2.45, 2.75) is 105 Å². The lowest BCUT2D eigenvalue weighted by Gasteiger charge is -2.62. The van der Waals surface area contributed by atoms with Gasteiger partial charge < -0.3 is 0 Å². The highest BCUT2D eigenvalue weighted by Crippen LogP contribution is 2.66. The number of carbonyl (C=O) groups is 1. The molecule has 0 N–H and O–H groups in total. The van der Waals surface area contributed by atoms with Crippen LogP contribution in [0.25, 0.3) is 0 Å². The van der Waals surface area contributed by atoms with Crippen molar-refractivity contribution in [1.29, 1.82) is 0 Å². The predicted molar refractivity (Wildman–Crippen MR) is 109 cm³/mol. The van der Waals surface area contributed by atoms with E-state index in [9.17, 15) is 4.79 Å². The summed E-state index contributed by atoms with van der Waals surface area (Å²) in [6.45, 7) is 9.49. The fourth-order valence-corrected chi connectivity index (χ4v) is 8.84. The molecule has 0 heterocycles. The van der Waals surface area contributed by atoms with E-state index < -0.39 is 0 Å². The van der Waals surface area contributed by atoms with Crippen LogP contribution in [-0.2, 0) is 4.79 Å². The second-order valence-corrected chi connectivity index (χ2v) is 11.2. The van der Waals surface area contributed by atoms with Crippen LogP contribution in [0, 0.1) is 46.3 Å². The molecule has 1 heteroatoms. The minimum Gasteiger partial charge on any atom is -0.300 e. The average molecular weight is 359 g/mol. The van der Waals surface area contributed by atoms with Crippen LogP contribution in [-0.4, -0.2) is 5.78 Å². The first kappa shape index (κ1) is 19.0. The Labute approximate surface area is 162 Å². The molecule has 0 bridgehead atoms. The lowest BCUT2D eigenvalue weighted by molar-refractivity contribution is -0.150. The van der Waals surface area contributed by atoms with E-state index >= 15 is 0 Å². The molecule has 4 aliphatic carbocycles. The highest BCUT2D eigenvalue weighted by atomic mass is 16.1. The SMILES string of the molecule is CC[C@H]1CCC[C@@]2(C)C(CC[C@@H]3C2CC[C@@]2(C)C3CCC[C@@H]2C(C)=O)C1. The van der Waals surface area contributed by atoms with Crippen molar-refractivity contribution in [1.82, 2.24) is 0 Å². The summed E-state index contributed by atoms with van der Waals surface area (Å²) in [7, 11) is 0. The number of ketones is 1. The molecular weight excluding hydrogens is 316 g/mol. The number of Topliss-reactive ketones (excluding diaryl/α,β-unsaturated/α-hetero) is 1. The molecule has 148 valence electrons. The molecule has 0 spiro atoms. The lowest BCUT2D eigenvalue weighted by atomic mass is 9.42. The Morgan fingerprint density at radius 3 is 2.38 bits per heavy atom. The third-order valence-corrected chi connectivity index (χ3v) is 10.3. The molecule has 8 atom stereocenters. The van der Waals surface area contributed by atoms with Gasteiger partial charge in [-0.15, -0.1) is 0 Å². The zero-order chi connectivity index (χ0) is 18.5. The van der Waals surface area contributed by atoms with Gasteiger partial charge in [0, 0.05) is 5.92 Å². The van der Waals surface area contributed by atoms with Crippen molar-refractivity contribution in [3.8, 4) is 0 Å². The zero-order valence-corrected chi connectivity index (χ0v) is 17.9. The van der Waals surface area contributed by atoms with Crippen LogP contribution in [0.4, 0.5) is 0 Å². The van der Waals surface area contributed by atoms with Gasteiger partial charge in [-0.2, -0.15) is 0 Å². The van der Waals surface area contributed by atoms with E-state index in [4.69, 9.17) is 0 Å². The first-order chi connectivity index (χ1) is 12.4. The second-order valence-electron chi connectivity index (χ2n) is 11.2. The van der Waals surface area contributed by atoms with Crippen LogP contribution < -0.4 is 0 Å². The predicted octanol–water partition coefficient (Wildman–Crippen LogP) is 7.04. The van der Waals surface area contributed by atoms with E-state index in [1.807, 2.05) is 6.92 Å². The Morgan fingerprint density at radius 1 is 0.885 bits per heavy atom. The first-order valence-corrected chi connectivity index (χ1v) is 11.9. The highest BCUT2D eigenvalue weighted by Gasteiger charge is 2.58. The highest BCUT2D eigenvalue weighted by molar-refractivity contribution is 5.79. The van der Waals surface area contributed by atoms with Gasteiger partial charge in [0.25, 0.3) is 0 Å². The Hall–Kier alpha value is -0.330. The Bertz CT molecular complexity index is 538. The maximum absolute atomic E-state index is 12.4. The van der Waals surface area contributed by atoms with Gasteiger partial charge >= 0.3 is 0 Å². The maximum atomic E-state index is 12.4. The topological polar surface area (TPSA) is 17.1 Å². The Balaban J connectivity index is 1.61. The molecule has 0 saturated heterocycles. The monoisotopic (exact) mass is 358 g/mol. The fourth-order valence-electron chi connectivity index (χ4n) is 8.84. The van der Waals surface area contributed by atoms with Gasteiger partial charge in [0.1, 0.15) is 5.78 Å². The number of fused-ring (bicyclic) bond motifs is 5. The van der Waals surface area contributed by atoms with Crippen LogP contribution in [0.15, 0.2) is 0 Å². The molecule has 4 fully saturated rings. The van der Waals surface area contributed by atoms with Crippen molar-refractivity contribution >= 4 is 5.78 Å².